The van der Waals surface area contributed by atoms with Crippen LogP contribution in [0.1, 0.15) is 13.3 Å². The molecule has 0 aromatic carbocycles. The molecule has 62 valence electrons. The molecular formula is C10H12N2. The highest BCUT2D eigenvalue weighted by molar-refractivity contribution is 5.41. The number of allylic oxidation sites excluding steroid dienone is 2. The lowest BCUT2D eigenvalue weighted by atomic mass is 9.86. The molecule has 1 N–H and O–H groups in total. The standard InChI is InChI=1S/C10H12N2/c1-7-4-8(6-11)5-10-9(7)2-3-12-10/h4-5,9-10,12H,2-3H2,1H3/t9-,10?/m0/s1. The third-order valence-electron chi connectivity index (χ3n) is 2.73. The van der Waals surface area contributed by atoms with Crippen molar-refractivity contribution in [3.05, 3.63) is 23.3 Å². The summed E-state index contributed by atoms with van der Waals surface area (Å²) in [6, 6.07) is 2.61. The van der Waals surface area contributed by atoms with E-state index in [-0.39, 0.29) is 0 Å². The molecule has 1 unspecified atom stereocenters. The van der Waals surface area contributed by atoms with Crippen molar-refractivity contribution >= 4 is 0 Å². The Hall–Kier alpha value is -1.07. The number of hydrogen-bond donors (Lipinski definition) is 1. The Kier molecular flexibility index (Phi) is 1.74. The zero-order valence-corrected chi connectivity index (χ0v) is 7.17. The molecule has 0 saturated carbocycles. The number of fused-ring (bicyclic) bond motifs is 1. The first kappa shape index (κ1) is 7.57. The van der Waals surface area contributed by atoms with Gasteiger partial charge in [-0.3, -0.25) is 0 Å². The summed E-state index contributed by atoms with van der Waals surface area (Å²) < 4.78 is 0. The summed E-state index contributed by atoms with van der Waals surface area (Å²) in [5, 5.41) is 12.1. The van der Waals surface area contributed by atoms with Crippen LogP contribution in [0.15, 0.2) is 23.3 Å². The fourth-order valence-corrected chi connectivity index (χ4v) is 2.08. The Balaban J connectivity index is 2.31. The van der Waals surface area contributed by atoms with Gasteiger partial charge in [0.25, 0.3) is 0 Å². The van der Waals surface area contributed by atoms with Crippen molar-refractivity contribution in [2.24, 2.45) is 5.92 Å². The minimum Gasteiger partial charge on any atom is -0.310 e. The van der Waals surface area contributed by atoms with Crippen LogP contribution in [0.5, 0.6) is 0 Å². The van der Waals surface area contributed by atoms with Crippen LogP contribution in [-0.2, 0) is 0 Å². The number of hydrogen-bond acceptors (Lipinski definition) is 2. The van der Waals surface area contributed by atoms with Gasteiger partial charge in [-0.1, -0.05) is 5.57 Å². The van der Waals surface area contributed by atoms with Gasteiger partial charge in [0.05, 0.1) is 6.07 Å². The summed E-state index contributed by atoms with van der Waals surface area (Å²) in [6.45, 7) is 3.20. The number of nitriles is 1. The van der Waals surface area contributed by atoms with E-state index < -0.39 is 0 Å². The van der Waals surface area contributed by atoms with E-state index in [1.54, 1.807) is 0 Å². The van der Waals surface area contributed by atoms with Gasteiger partial charge in [0, 0.05) is 17.5 Å². The van der Waals surface area contributed by atoms with Crippen molar-refractivity contribution < 1.29 is 0 Å². The average Bonchev–Trinajstić information content (AvgIpc) is 2.52. The predicted octanol–water partition coefficient (Wildman–Crippen LogP) is 1.37. The highest BCUT2D eigenvalue weighted by atomic mass is 14.9. The fraction of sp³-hybridized carbons (Fsp3) is 0.500. The summed E-state index contributed by atoms with van der Waals surface area (Å²) in [7, 11) is 0. The summed E-state index contributed by atoms with van der Waals surface area (Å²) in [6.07, 6.45) is 5.26. The minimum atomic E-state index is 0.421. The highest BCUT2D eigenvalue weighted by Gasteiger charge is 2.28. The van der Waals surface area contributed by atoms with Crippen molar-refractivity contribution in [2.75, 3.05) is 6.54 Å². The summed E-state index contributed by atoms with van der Waals surface area (Å²) in [4.78, 5) is 0. The van der Waals surface area contributed by atoms with Crippen molar-refractivity contribution in [1.29, 1.82) is 5.26 Å². The van der Waals surface area contributed by atoms with Gasteiger partial charge in [-0.15, -0.1) is 0 Å². The van der Waals surface area contributed by atoms with Gasteiger partial charge in [-0.25, -0.2) is 0 Å². The van der Waals surface area contributed by atoms with Crippen LogP contribution in [0.4, 0.5) is 0 Å². The molecule has 0 bridgehead atoms. The topological polar surface area (TPSA) is 35.8 Å². The van der Waals surface area contributed by atoms with E-state index in [1.165, 1.54) is 12.0 Å². The van der Waals surface area contributed by atoms with Crippen LogP contribution in [0.3, 0.4) is 0 Å². The maximum absolute atomic E-state index is 8.74. The van der Waals surface area contributed by atoms with Gasteiger partial charge in [0.15, 0.2) is 0 Å². The molecule has 1 aliphatic heterocycles. The second kappa shape index (κ2) is 2.76. The SMILES string of the molecule is CC1=CC(C#N)=CC2NCC[C@@H]12. The van der Waals surface area contributed by atoms with E-state index in [1.807, 2.05) is 12.2 Å². The lowest BCUT2D eigenvalue weighted by Gasteiger charge is -2.21. The zero-order chi connectivity index (χ0) is 8.55. The van der Waals surface area contributed by atoms with Crippen LogP contribution < -0.4 is 5.32 Å². The summed E-state index contributed by atoms with van der Waals surface area (Å²) in [5.41, 5.74) is 2.16. The molecule has 1 heterocycles. The fourth-order valence-electron chi connectivity index (χ4n) is 2.08. The maximum Gasteiger partial charge on any atom is 0.0988 e. The first-order valence-electron chi connectivity index (χ1n) is 4.35. The largest absolute Gasteiger partial charge is 0.310 e. The molecule has 0 radical (unpaired) electrons. The molecular weight excluding hydrogens is 148 g/mol. The molecule has 2 nitrogen and oxygen atoms in total. The zero-order valence-electron chi connectivity index (χ0n) is 7.17. The molecule has 0 spiro atoms. The van der Waals surface area contributed by atoms with E-state index in [0.29, 0.717) is 12.0 Å². The number of rotatable bonds is 0. The Morgan fingerprint density at radius 1 is 1.67 bits per heavy atom. The van der Waals surface area contributed by atoms with E-state index in [2.05, 4.69) is 18.3 Å². The molecule has 1 fully saturated rings. The van der Waals surface area contributed by atoms with Gasteiger partial charge < -0.3 is 5.32 Å². The number of nitrogens with one attached hydrogen (secondary N) is 1. The van der Waals surface area contributed by atoms with Crippen LogP contribution in [0.25, 0.3) is 0 Å². The van der Waals surface area contributed by atoms with Crippen molar-refractivity contribution in [3.8, 4) is 6.07 Å². The first-order chi connectivity index (χ1) is 5.81. The minimum absolute atomic E-state index is 0.421. The molecule has 2 rings (SSSR count). The average molecular weight is 160 g/mol. The van der Waals surface area contributed by atoms with Gasteiger partial charge >= 0.3 is 0 Å². The Morgan fingerprint density at radius 2 is 2.50 bits per heavy atom. The predicted molar refractivity (Wildman–Crippen MR) is 47.4 cm³/mol. The number of nitrogens with zero attached hydrogens (tertiary/aromatic N) is 1. The van der Waals surface area contributed by atoms with E-state index in [0.717, 1.165) is 12.1 Å². The molecule has 12 heavy (non-hydrogen) atoms. The van der Waals surface area contributed by atoms with Crippen molar-refractivity contribution in [1.82, 2.24) is 5.32 Å². The van der Waals surface area contributed by atoms with E-state index in [4.69, 9.17) is 5.26 Å². The molecule has 1 saturated heterocycles. The third kappa shape index (κ3) is 1.07. The second-order valence-corrected chi connectivity index (χ2v) is 3.50. The van der Waals surface area contributed by atoms with Crippen LogP contribution in [0, 0.1) is 17.2 Å². The maximum atomic E-state index is 8.74. The summed E-state index contributed by atoms with van der Waals surface area (Å²) >= 11 is 0. The first-order valence-corrected chi connectivity index (χ1v) is 4.35. The summed E-state index contributed by atoms with van der Waals surface area (Å²) in [5.74, 6) is 0.641. The molecule has 0 aromatic heterocycles. The van der Waals surface area contributed by atoms with Crippen LogP contribution >= 0.6 is 0 Å². The molecule has 2 aliphatic rings. The van der Waals surface area contributed by atoms with Crippen LogP contribution in [-0.4, -0.2) is 12.6 Å². The molecule has 0 aromatic rings. The molecule has 1 aliphatic carbocycles. The lowest BCUT2D eigenvalue weighted by molar-refractivity contribution is 0.578. The Morgan fingerprint density at radius 3 is 3.25 bits per heavy atom. The van der Waals surface area contributed by atoms with E-state index >= 15 is 0 Å². The monoisotopic (exact) mass is 160 g/mol. The quantitative estimate of drug-likeness (QED) is 0.581. The molecule has 2 heteroatoms. The molecule has 0 amide bonds. The van der Waals surface area contributed by atoms with Gasteiger partial charge in [-0.05, 0) is 32.0 Å². The second-order valence-electron chi connectivity index (χ2n) is 3.50. The van der Waals surface area contributed by atoms with Crippen molar-refractivity contribution in [3.63, 3.8) is 0 Å². The molecule has 2 atom stereocenters. The smallest absolute Gasteiger partial charge is 0.0988 e. The highest BCUT2D eigenvalue weighted by Crippen LogP contribution is 2.29. The van der Waals surface area contributed by atoms with Gasteiger partial charge in [0.2, 0.25) is 0 Å². The Labute approximate surface area is 72.6 Å². The normalized spacial score (nSPS) is 33.3. The van der Waals surface area contributed by atoms with Gasteiger partial charge in [0.1, 0.15) is 0 Å². The lowest BCUT2D eigenvalue weighted by Crippen LogP contribution is -2.27. The Bertz CT molecular complexity index is 293. The van der Waals surface area contributed by atoms with Crippen molar-refractivity contribution in [2.45, 2.75) is 19.4 Å². The van der Waals surface area contributed by atoms with E-state index in [9.17, 15) is 0 Å². The third-order valence-corrected chi connectivity index (χ3v) is 2.73. The van der Waals surface area contributed by atoms with Gasteiger partial charge in [-0.2, -0.15) is 5.26 Å². The van der Waals surface area contributed by atoms with Crippen LogP contribution in [0.2, 0.25) is 0 Å².